The normalized spacial score (nSPS) is 16.1. The zero-order valence-electron chi connectivity index (χ0n) is 14.5. The molecule has 136 valence electrons. The Morgan fingerprint density at radius 1 is 1.12 bits per heavy atom. The predicted molar refractivity (Wildman–Crippen MR) is 98.2 cm³/mol. The Bertz CT molecular complexity index is 920. The minimum atomic E-state index is -3.84. The zero-order chi connectivity index (χ0) is 18.2. The van der Waals surface area contributed by atoms with Gasteiger partial charge in [-0.25, -0.2) is 13.1 Å². The van der Waals surface area contributed by atoms with Crippen LogP contribution in [0.25, 0.3) is 0 Å². The Morgan fingerprint density at radius 3 is 2.32 bits per heavy atom. The molecule has 1 saturated carbocycles. The molecule has 0 bridgehead atoms. The van der Waals surface area contributed by atoms with Crippen LogP contribution in [0.15, 0.2) is 34.0 Å². The van der Waals surface area contributed by atoms with Crippen LogP contribution in [0.3, 0.4) is 0 Å². The van der Waals surface area contributed by atoms with E-state index >= 15 is 0 Å². The van der Waals surface area contributed by atoms with Gasteiger partial charge in [-0.1, -0.05) is 19.3 Å². The summed E-state index contributed by atoms with van der Waals surface area (Å²) in [6.07, 6.45) is 5.26. The van der Waals surface area contributed by atoms with Crippen molar-refractivity contribution in [1.82, 2.24) is 9.36 Å². The van der Waals surface area contributed by atoms with Gasteiger partial charge in [-0.2, -0.15) is 0 Å². The molecule has 2 aromatic rings. The smallest absolute Gasteiger partial charge is 0.291 e. The maximum atomic E-state index is 12.9. The van der Waals surface area contributed by atoms with Crippen molar-refractivity contribution < 1.29 is 8.42 Å². The van der Waals surface area contributed by atoms with E-state index in [1.165, 1.54) is 30.7 Å². The van der Waals surface area contributed by atoms with Gasteiger partial charge in [0.15, 0.2) is 0 Å². The Morgan fingerprint density at radius 2 is 1.72 bits per heavy atom. The maximum absolute atomic E-state index is 12.9. The molecule has 3 N–H and O–H groups in total. The summed E-state index contributed by atoms with van der Waals surface area (Å²) in [7, 11) is -2.04. The number of sulfonamides is 1. The monoisotopic (exact) mass is 364 g/mol. The summed E-state index contributed by atoms with van der Waals surface area (Å²) in [4.78, 5) is 12.9. The molecule has 1 aliphatic rings. The van der Waals surface area contributed by atoms with Crippen molar-refractivity contribution in [3.8, 4) is 0 Å². The van der Waals surface area contributed by atoms with Crippen LogP contribution in [0.1, 0.15) is 43.8 Å². The summed E-state index contributed by atoms with van der Waals surface area (Å²) < 4.78 is 31.1. The van der Waals surface area contributed by atoms with E-state index in [1.807, 2.05) is 0 Å². The molecule has 1 heterocycles. The fraction of sp³-hybridized carbons (Fsp3) is 0.471. The van der Waals surface area contributed by atoms with Crippen LogP contribution >= 0.6 is 0 Å². The number of benzene rings is 1. The first-order valence-electron chi connectivity index (χ1n) is 8.47. The molecule has 0 radical (unpaired) electrons. The lowest BCUT2D eigenvalue weighted by Gasteiger charge is -2.24. The molecule has 25 heavy (non-hydrogen) atoms. The van der Waals surface area contributed by atoms with E-state index in [1.54, 1.807) is 23.3 Å². The molecular formula is C17H24N4O3S. The van der Waals surface area contributed by atoms with Gasteiger partial charge >= 0.3 is 0 Å². The number of hydrogen-bond donors (Lipinski definition) is 2. The van der Waals surface area contributed by atoms with E-state index in [2.05, 4.69) is 4.72 Å². The topological polar surface area (TPSA) is 99.1 Å². The van der Waals surface area contributed by atoms with Crippen LogP contribution in [-0.2, 0) is 17.1 Å². The first-order chi connectivity index (χ1) is 11.8. The molecule has 1 aromatic carbocycles. The summed E-state index contributed by atoms with van der Waals surface area (Å²) in [6.45, 7) is 1.75. The van der Waals surface area contributed by atoms with Crippen molar-refractivity contribution >= 4 is 21.4 Å². The second-order valence-corrected chi connectivity index (χ2v) is 8.28. The van der Waals surface area contributed by atoms with Gasteiger partial charge in [0.1, 0.15) is 5.69 Å². The third-order valence-electron chi connectivity index (χ3n) is 4.94. The molecule has 0 saturated heterocycles. The predicted octanol–water partition coefficient (Wildman–Crippen LogP) is 2.38. The van der Waals surface area contributed by atoms with Crippen LogP contribution in [0, 0.1) is 6.92 Å². The summed E-state index contributed by atoms with van der Waals surface area (Å²) in [5.74, 6) is 0. The highest BCUT2D eigenvalue weighted by Gasteiger charge is 2.26. The summed E-state index contributed by atoms with van der Waals surface area (Å²) in [5.41, 5.74) is 6.52. The first kappa shape index (κ1) is 17.6. The molecular weight excluding hydrogens is 340 g/mol. The van der Waals surface area contributed by atoms with Crippen LogP contribution in [0.5, 0.6) is 0 Å². The van der Waals surface area contributed by atoms with Crippen LogP contribution in [0.2, 0.25) is 0 Å². The first-order valence-corrected chi connectivity index (χ1v) is 9.96. The molecule has 1 aromatic heterocycles. The van der Waals surface area contributed by atoms with Gasteiger partial charge in [0.25, 0.3) is 15.6 Å². The molecule has 0 spiro atoms. The van der Waals surface area contributed by atoms with Gasteiger partial charge in [0.2, 0.25) is 0 Å². The molecule has 8 heteroatoms. The van der Waals surface area contributed by atoms with Gasteiger partial charge in [-0.15, -0.1) is 0 Å². The molecule has 0 amide bonds. The zero-order valence-corrected chi connectivity index (χ0v) is 15.3. The average molecular weight is 364 g/mol. The number of rotatable bonds is 4. The van der Waals surface area contributed by atoms with Gasteiger partial charge in [0.05, 0.1) is 16.6 Å². The lowest BCUT2D eigenvalue weighted by Crippen LogP contribution is -2.29. The molecule has 7 nitrogen and oxygen atoms in total. The van der Waals surface area contributed by atoms with Crippen LogP contribution < -0.4 is 16.0 Å². The van der Waals surface area contributed by atoms with Crippen molar-refractivity contribution in [1.29, 1.82) is 0 Å². The third-order valence-corrected chi connectivity index (χ3v) is 6.31. The SMILES string of the molecule is Cc1c(NS(=O)(=O)c2ccc(N)cc2)c(=O)n(C2CCCCC2)n1C. The van der Waals surface area contributed by atoms with Crippen molar-refractivity contribution in [2.24, 2.45) is 7.05 Å². The highest BCUT2D eigenvalue weighted by Crippen LogP contribution is 2.28. The number of aromatic nitrogens is 2. The van der Waals surface area contributed by atoms with Crippen LogP contribution in [-0.4, -0.2) is 17.8 Å². The second-order valence-electron chi connectivity index (χ2n) is 6.60. The summed E-state index contributed by atoms with van der Waals surface area (Å²) in [6, 6.07) is 6.02. The molecule has 0 unspecified atom stereocenters. The van der Waals surface area contributed by atoms with Gasteiger partial charge < -0.3 is 5.73 Å². The molecule has 1 aliphatic carbocycles. The highest BCUT2D eigenvalue weighted by atomic mass is 32.2. The Kier molecular flexibility index (Phi) is 4.64. The van der Waals surface area contributed by atoms with Gasteiger partial charge in [-0.05, 0) is 44.0 Å². The average Bonchev–Trinajstić information content (AvgIpc) is 2.79. The van der Waals surface area contributed by atoms with E-state index in [4.69, 9.17) is 5.73 Å². The minimum absolute atomic E-state index is 0.0774. The lowest BCUT2D eigenvalue weighted by molar-refractivity contribution is 0.293. The van der Waals surface area contributed by atoms with Crippen molar-refractivity contribution in [2.45, 2.75) is 50.0 Å². The number of nitrogens with one attached hydrogen (secondary N) is 1. The quantitative estimate of drug-likeness (QED) is 0.814. The number of nitrogens with zero attached hydrogens (tertiary/aromatic N) is 2. The molecule has 3 rings (SSSR count). The minimum Gasteiger partial charge on any atom is -0.399 e. The standard InChI is InChI=1S/C17H24N4O3S/c1-12-16(19-25(23,24)15-10-8-13(18)9-11-15)17(22)21(20(12)2)14-6-4-3-5-7-14/h8-11,14,19H,3-7,18H2,1-2H3. The molecule has 0 atom stereocenters. The second kappa shape index (κ2) is 6.59. The van der Waals surface area contributed by atoms with Crippen molar-refractivity contribution in [3.63, 3.8) is 0 Å². The number of nitrogen functional groups attached to an aromatic ring is 1. The highest BCUT2D eigenvalue weighted by molar-refractivity contribution is 7.92. The Hall–Kier alpha value is -2.22. The van der Waals surface area contributed by atoms with Gasteiger partial charge in [-0.3, -0.25) is 14.2 Å². The lowest BCUT2D eigenvalue weighted by atomic mass is 9.96. The fourth-order valence-corrected chi connectivity index (χ4v) is 4.54. The van der Waals surface area contributed by atoms with E-state index in [0.29, 0.717) is 11.4 Å². The van der Waals surface area contributed by atoms with E-state index in [-0.39, 0.29) is 22.2 Å². The largest absolute Gasteiger partial charge is 0.399 e. The summed E-state index contributed by atoms with van der Waals surface area (Å²) >= 11 is 0. The van der Waals surface area contributed by atoms with Gasteiger partial charge in [0, 0.05) is 12.7 Å². The third kappa shape index (κ3) is 3.30. The number of hydrogen-bond acceptors (Lipinski definition) is 4. The van der Waals surface area contributed by atoms with Crippen LogP contribution in [0.4, 0.5) is 11.4 Å². The fourth-order valence-electron chi connectivity index (χ4n) is 3.42. The van der Waals surface area contributed by atoms with E-state index < -0.39 is 10.0 Å². The molecule has 1 fully saturated rings. The maximum Gasteiger partial charge on any atom is 0.291 e. The summed E-state index contributed by atoms with van der Waals surface area (Å²) in [5, 5.41) is 0. The van der Waals surface area contributed by atoms with Crippen molar-refractivity contribution in [3.05, 3.63) is 40.3 Å². The van der Waals surface area contributed by atoms with E-state index in [9.17, 15) is 13.2 Å². The number of anilines is 2. The molecule has 0 aliphatic heterocycles. The Labute approximate surface area is 147 Å². The number of nitrogens with two attached hydrogens (primary N) is 1. The van der Waals surface area contributed by atoms with E-state index in [0.717, 1.165) is 25.7 Å². The van der Waals surface area contributed by atoms with Crippen molar-refractivity contribution in [2.75, 3.05) is 10.5 Å². The Balaban J connectivity index is 1.98.